The maximum Gasteiger partial charge on any atom is 0.0727 e. The molecule has 27 rings (SSSR count). The molecule has 9 heteroatoms. The molecular formula is C114H69N3S6. The third-order valence-corrected chi connectivity index (χ3v) is 31.7. The van der Waals surface area contributed by atoms with Gasteiger partial charge in [0, 0.05) is 124 Å². The number of fused-ring (bicyclic) bond motifs is 24. The van der Waals surface area contributed by atoms with Crippen LogP contribution >= 0.6 is 68.0 Å². The minimum absolute atomic E-state index is 1.20. The molecule has 9 aromatic heterocycles. The fourth-order valence-corrected chi connectivity index (χ4v) is 25.9. The number of nitrogens with zero attached hydrogens (tertiary/aromatic N) is 3. The van der Waals surface area contributed by atoms with Crippen LogP contribution in [0.5, 0.6) is 0 Å². The summed E-state index contributed by atoms with van der Waals surface area (Å²) in [5, 5.41) is 15.9. The first-order valence-electron chi connectivity index (χ1n) is 41.6. The van der Waals surface area contributed by atoms with E-state index >= 15 is 0 Å². The smallest absolute Gasteiger partial charge is 0.0727 e. The van der Waals surface area contributed by atoms with Gasteiger partial charge in [0.25, 0.3) is 0 Å². The van der Waals surface area contributed by atoms with Crippen LogP contribution in [0.3, 0.4) is 0 Å². The Hall–Kier alpha value is -14.1. The fraction of sp³-hybridized carbons (Fsp3) is 0. The lowest BCUT2D eigenvalue weighted by Gasteiger charge is -2.09. The predicted molar refractivity (Wildman–Crippen MR) is 540 cm³/mol. The van der Waals surface area contributed by atoms with Gasteiger partial charge in [-0.3, -0.25) is 0 Å². The molecule has 0 aliphatic heterocycles. The summed E-state index contributed by atoms with van der Waals surface area (Å²) >= 11 is 11.3. The standard InChI is InChI=1S/3C38H23NS2/c1-2-9-27(10-3-1)39-33-15-6-4-12-31(33)38-36(39)32-23-26(21-22-35(32)41-38)24-17-19-25(20-18-24)28-13-8-14-30-29-11-5-7-16-34(29)40-37(28)30;1-2-8-28(9-3-1)39-33-12-6-4-11-31(33)38-37(39)32-22-26(19-21-35(32)41-38)24-14-16-25(17-15-24)27-18-20-30-29-10-5-7-13-34(29)40-36(30)23-27;1-2-8-28(9-3-1)39-33-12-6-4-11-30(33)38-37(39)32-23-27(19-21-36(32)41-38)25-16-14-24(15-17-25)26-18-20-35-31(22-26)29-10-5-7-13-34(29)40-35/h3*1-23H. The van der Waals surface area contributed by atoms with Gasteiger partial charge in [0.15, 0.2) is 0 Å². The Morgan fingerprint density at radius 3 is 0.805 bits per heavy atom. The second kappa shape index (κ2) is 29.4. The third-order valence-electron chi connectivity index (χ3n) is 24.7. The number of hydrogen-bond donors (Lipinski definition) is 0. The highest BCUT2D eigenvalue weighted by molar-refractivity contribution is 7.28. The molecule has 27 aromatic rings. The Kier molecular flexibility index (Phi) is 17.1. The number of thiophene rings is 6. The van der Waals surface area contributed by atoms with Crippen molar-refractivity contribution in [1.29, 1.82) is 0 Å². The van der Waals surface area contributed by atoms with Gasteiger partial charge >= 0.3 is 0 Å². The minimum atomic E-state index is 1.20. The Morgan fingerprint density at radius 2 is 0.398 bits per heavy atom. The van der Waals surface area contributed by atoms with Gasteiger partial charge in [-0.1, -0.05) is 291 Å². The summed E-state index contributed by atoms with van der Waals surface area (Å²) in [6.07, 6.45) is 0. The zero-order valence-corrected chi connectivity index (χ0v) is 71.0. The molecule has 0 N–H and O–H groups in total. The maximum atomic E-state index is 2.43. The second-order valence-corrected chi connectivity index (χ2v) is 38.0. The Labute approximate surface area is 731 Å². The van der Waals surface area contributed by atoms with E-state index in [2.05, 4.69) is 432 Å². The number of hydrogen-bond acceptors (Lipinski definition) is 6. The second-order valence-electron chi connectivity index (χ2n) is 31.7. The molecule has 3 nitrogen and oxygen atoms in total. The van der Waals surface area contributed by atoms with Crippen molar-refractivity contribution >= 4 is 222 Å². The highest BCUT2D eigenvalue weighted by Crippen LogP contribution is 2.50. The lowest BCUT2D eigenvalue weighted by Crippen LogP contribution is -1.92. The number of rotatable bonds is 9. The van der Waals surface area contributed by atoms with Crippen molar-refractivity contribution in [2.45, 2.75) is 0 Å². The van der Waals surface area contributed by atoms with Crippen molar-refractivity contribution in [1.82, 2.24) is 13.7 Å². The first kappa shape index (κ1) is 71.8. The molecule has 0 bridgehead atoms. The Bertz CT molecular complexity index is 8830. The lowest BCUT2D eigenvalue weighted by atomic mass is 9.98. The van der Waals surface area contributed by atoms with Crippen LogP contribution in [-0.2, 0) is 0 Å². The topological polar surface area (TPSA) is 14.8 Å². The van der Waals surface area contributed by atoms with Crippen LogP contribution in [0.25, 0.3) is 238 Å². The largest absolute Gasteiger partial charge is 0.308 e. The first-order chi connectivity index (χ1) is 61.0. The highest BCUT2D eigenvalue weighted by Gasteiger charge is 2.24. The van der Waals surface area contributed by atoms with Crippen molar-refractivity contribution in [3.05, 3.63) is 419 Å². The van der Waals surface area contributed by atoms with Crippen molar-refractivity contribution in [3.63, 3.8) is 0 Å². The molecule has 0 spiro atoms. The normalized spacial score (nSPS) is 11.9. The van der Waals surface area contributed by atoms with Gasteiger partial charge in [0.05, 0.1) is 47.2 Å². The summed E-state index contributed by atoms with van der Waals surface area (Å²) in [5.74, 6) is 0. The van der Waals surface area contributed by atoms with Crippen LogP contribution < -0.4 is 0 Å². The molecule has 0 fully saturated rings. The summed E-state index contributed by atoms with van der Waals surface area (Å²) < 4.78 is 23.4. The van der Waals surface area contributed by atoms with Crippen LogP contribution in [0.4, 0.5) is 0 Å². The third kappa shape index (κ3) is 12.0. The summed E-state index contributed by atoms with van der Waals surface area (Å²) in [5.41, 5.74) is 26.3. The molecule has 576 valence electrons. The molecule has 0 aliphatic rings. The lowest BCUT2D eigenvalue weighted by molar-refractivity contribution is 1.19. The van der Waals surface area contributed by atoms with Gasteiger partial charge in [-0.05, 0) is 194 Å². The Morgan fingerprint density at radius 1 is 0.138 bits per heavy atom. The van der Waals surface area contributed by atoms with E-state index in [1.165, 1.54) is 238 Å². The molecule has 0 saturated heterocycles. The van der Waals surface area contributed by atoms with E-state index in [9.17, 15) is 0 Å². The SMILES string of the molecule is c1ccc(-n2c3ccccc3c3sc4ccc(-c5ccc(-c6ccc7c(c6)sc6ccccc67)cc5)cc4c32)cc1.c1ccc(-n2c3ccccc3c3sc4ccc(-c5ccc(-c6ccc7sc8ccccc8c7c6)cc5)cc4c32)cc1.c1ccc(-n2c3ccccc3c3sc4ccc(-c5ccc(-c6cccc7c6sc6ccccc67)cc5)cc4c32)cc1. The van der Waals surface area contributed by atoms with Crippen molar-refractivity contribution in [2.75, 3.05) is 0 Å². The van der Waals surface area contributed by atoms with Crippen LogP contribution in [0, 0.1) is 0 Å². The van der Waals surface area contributed by atoms with E-state index in [1.807, 2.05) is 68.0 Å². The van der Waals surface area contributed by atoms with Gasteiger partial charge in [0.1, 0.15) is 0 Å². The van der Waals surface area contributed by atoms with Crippen molar-refractivity contribution < 1.29 is 0 Å². The zero-order chi connectivity index (χ0) is 80.7. The summed E-state index contributed by atoms with van der Waals surface area (Å²) in [7, 11) is 0. The molecule has 0 radical (unpaired) electrons. The van der Waals surface area contributed by atoms with E-state index in [4.69, 9.17) is 0 Å². The van der Waals surface area contributed by atoms with Crippen molar-refractivity contribution in [2.24, 2.45) is 0 Å². The molecular weight excluding hydrogens is 1600 g/mol. The number of aromatic nitrogens is 3. The van der Waals surface area contributed by atoms with E-state index in [1.54, 1.807) is 0 Å². The summed E-state index contributed by atoms with van der Waals surface area (Å²) in [6, 6.07) is 153. The molecule has 9 heterocycles. The van der Waals surface area contributed by atoms with E-state index in [-0.39, 0.29) is 0 Å². The fourth-order valence-electron chi connectivity index (χ4n) is 18.8. The van der Waals surface area contributed by atoms with Crippen LogP contribution in [0.15, 0.2) is 419 Å². The van der Waals surface area contributed by atoms with Gasteiger partial charge in [-0.2, -0.15) is 0 Å². The summed E-state index contributed by atoms with van der Waals surface area (Å²) in [6.45, 7) is 0. The van der Waals surface area contributed by atoms with Gasteiger partial charge in [0.2, 0.25) is 0 Å². The van der Waals surface area contributed by atoms with E-state index in [0.29, 0.717) is 0 Å². The molecule has 0 unspecified atom stereocenters. The summed E-state index contributed by atoms with van der Waals surface area (Å²) in [4.78, 5) is 0. The molecule has 18 aromatic carbocycles. The monoisotopic (exact) mass is 1670 g/mol. The van der Waals surface area contributed by atoms with Crippen LogP contribution in [-0.4, -0.2) is 13.7 Å². The molecule has 0 amide bonds. The van der Waals surface area contributed by atoms with Gasteiger partial charge in [-0.15, -0.1) is 68.0 Å². The minimum Gasteiger partial charge on any atom is -0.308 e. The van der Waals surface area contributed by atoms with Gasteiger partial charge in [-0.25, -0.2) is 0 Å². The van der Waals surface area contributed by atoms with Gasteiger partial charge < -0.3 is 13.7 Å². The zero-order valence-electron chi connectivity index (χ0n) is 66.1. The van der Waals surface area contributed by atoms with E-state index < -0.39 is 0 Å². The first-order valence-corrected chi connectivity index (χ1v) is 46.5. The molecule has 0 atom stereocenters. The predicted octanol–water partition coefficient (Wildman–Crippen LogP) is 35.1. The number of para-hydroxylation sites is 6. The van der Waals surface area contributed by atoms with Crippen LogP contribution in [0.1, 0.15) is 0 Å². The average Bonchev–Trinajstić information content (AvgIpc) is 1.57. The maximum absolute atomic E-state index is 2.43. The highest BCUT2D eigenvalue weighted by atomic mass is 32.1. The molecule has 0 aliphatic carbocycles. The van der Waals surface area contributed by atoms with Crippen molar-refractivity contribution in [3.8, 4) is 83.8 Å². The molecule has 0 saturated carbocycles. The molecule has 123 heavy (non-hydrogen) atoms. The average molecular weight is 1670 g/mol. The van der Waals surface area contributed by atoms with E-state index in [0.717, 1.165) is 0 Å². The number of benzene rings is 18. The van der Waals surface area contributed by atoms with Crippen LogP contribution in [0.2, 0.25) is 0 Å². The quantitative estimate of drug-likeness (QED) is 0.137. The Balaban J connectivity index is 0.000000101.